The molecule has 4 rings (SSSR count). The van der Waals surface area contributed by atoms with Crippen molar-refractivity contribution in [1.29, 1.82) is 0 Å². The van der Waals surface area contributed by atoms with Crippen molar-refractivity contribution in [1.82, 2.24) is 0 Å². The molecule has 1 atom stereocenters. The number of aryl methyl sites for hydroxylation is 1. The first-order valence-electron chi connectivity index (χ1n) is 10.3. The van der Waals surface area contributed by atoms with Crippen LogP contribution in [0.25, 0.3) is 11.1 Å². The SMILES string of the molecule is Cc1cccc(S(=O)(=O)N2C[C@H](CCC(=O)O)Oc3ccc(-c4cc(Cl)cc(F)c4F)cc32)c1. The van der Waals surface area contributed by atoms with Gasteiger partial charge in [-0.25, -0.2) is 17.2 Å². The summed E-state index contributed by atoms with van der Waals surface area (Å²) >= 11 is 5.91. The summed E-state index contributed by atoms with van der Waals surface area (Å²) < 4.78 is 62.7. The summed E-state index contributed by atoms with van der Waals surface area (Å²) in [6.07, 6.45) is -0.831. The molecular weight excluding hydrogens is 488 g/mol. The first-order chi connectivity index (χ1) is 16.1. The van der Waals surface area contributed by atoms with E-state index in [9.17, 15) is 22.0 Å². The van der Waals surface area contributed by atoms with Crippen LogP contribution in [0.4, 0.5) is 14.5 Å². The molecule has 34 heavy (non-hydrogen) atoms. The second-order valence-corrected chi connectivity index (χ2v) is 10.3. The van der Waals surface area contributed by atoms with Gasteiger partial charge in [-0.05, 0) is 60.9 Å². The maximum absolute atomic E-state index is 14.5. The summed E-state index contributed by atoms with van der Waals surface area (Å²) in [5, 5.41) is 9.03. The van der Waals surface area contributed by atoms with Gasteiger partial charge in [0.2, 0.25) is 0 Å². The van der Waals surface area contributed by atoms with Gasteiger partial charge in [-0.15, -0.1) is 0 Å². The van der Waals surface area contributed by atoms with Gasteiger partial charge in [0.15, 0.2) is 11.6 Å². The number of aliphatic carboxylic acids is 1. The summed E-state index contributed by atoms with van der Waals surface area (Å²) in [4.78, 5) is 11.1. The highest BCUT2D eigenvalue weighted by molar-refractivity contribution is 7.92. The van der Waals surface area contributed by atoms with E-state index in [0.29, 0.717) is 0 Å². The molecule has 3 aromatic carbocycles. The highest BCUT2D eigenvalue weighted by atomic mass is 35.5. The average Bonchev–Trinajstić information content (AvgIpc) is 2.79. The van der Waals surface area contributed by atoms with Crippen molar-refractivity contribution in [3.8, 4) is 16.9 Å². The predicted molar refractivity (Wildman–Crippen MR) is 124 cm³/mol. The van der Waals surface area contributed by atoms with Crippen LogP contribution in [0.3, 0.4) is 0 Å². The third kappa shape index (κ3) is 4.71. The van der Waals surface area contributed by atoms with Gasteiger partial charge in [0, 0.05) is 17.0 Å². The van der Waals surface area contributed by atoms with Gasteiger partial charge in [0.25, 0.3) is 10.0 Å². The maximum atomic E-state index is 14.5. The number of benzene rings is 3. The highest BCUT2D eigenvalue weighted by Crippen LogP contribution is 2.41. The number of carboxylic acid groups (broad SMARTS) is 1. The van der Waals surface area contributed by atoms with E-state index in [1.165, 1.54) is 36.4 Å². The summed E-state index contributed by atoms with van der Waals surface area (Å²) in [7, 11) is -4.08. The van der Waals surface area contributed by atoms with E-state index < -0.39 is 33.7 Å². The number of hydrogen-bond donors (Lipinski definition) is 1. The molecule has 0 saturated heterocycles. The van der Waals surface area contributed by atoms with Gasteiger partial charge in [0.1, 0.15) is 11.9 Å². The molecule has 0 radical (unpaired) electrons. The molecule has 0 bridgehead atoms. The minimum Gasteiger partial charge on any atom is -0.486 e. The zero-order valence-corrected chi connectivity index (χ0v) is 19.5. The Kier molecular flexibility index (Phi) is 6.51. The molecule has 3 aromatic rings. The molecule has 0 spiro atoms. The first-order valence-corrected chi connectivity index (χ1v) is 12.1. The van der Waals surface area contributed by atoms with E-state index >= 15 is 0 Å². The zero-order valence-electron chi connectivity index (χ0n) is 18.0. The lowest BCUT2D eigenvalue weighted by molar-refractivity contribution is -0.137. The Hall–Kier alpha value is -3.17. The van der Waals surface area contributed by atoms with Crippen LogP contribution in [-0.4, -0.2) is 32.1 Å². The Morgan fingerprint density at radius 2 is 1.94 bits per heavy atom. The van der Waals surface area contributed by atoms with Crippen LogP contribution in [0.5, 0.6) is 5.75 Å². The molecule has 0 saturated carbocycles. The van der Waals surface area contributed by atoms with Crippen molar-refractivity contribution >= 4 is 33.3 Å². The molecular formula is C24H20ClF2NO5S. The molecule has 0 amide bonds. The highest BCUT2D eigenvalue weighted by Gasteiger charge is 2.35. The first kappa shape index (κ1) is 24.0. The largest absolute Gasteiger partial charge is 0.486 e. The van der Waals surface area contributed by atoms with Crippen LogP contribution < -0.4 is 9.04 Å². The van der Waals surface area contributed by atoms with Gasteiger partial charge >= 0.3 is 5.97 Å². The van der Waals surface area contributed by atoms with Gasteiger partial charge in [-0.1, -0.05) is 29.8 Å². The quantitative estimate of drug-likeness (QED) is 0.451. The van der Waals surface area contributed by atoms with Crippen LogP contribution in [-0.2, 0) is 14.8 Å². The van der Waals surface area contributed by atoms with Crippen LogP contribution in [0.15, 0.2) is 59.5 Å². The van der Waals surface area contributed by atoms with Crippen molar-refractivity contribution in [2.75, 3.05) is 10.8 Å². The molecule has 0 fully saturated rings. The van der Waals surface area contributed by atoms with Crippen molar-refractivity contribution in [2.24, 2.45) is 0 Å². The second-order valence-electron chi connectivity index (χ2n) is 7.96. The lowest BCUT2D eigenvalue weighted by atomic mass is 10.0. The molecule has 178 valence electrons. The summed E-state index contributed by atoms with van der Waals surface area (Å²) in [6.45, 7) is 1.61. The van der Waals surface area contributed by atoms with Crippen molar-refractivity contribution in [2.45, 2.75) is 30.8 Å². The van der Waals surface area contributed by atoms with Crippen LogP contribution >= 0.6 is 11.6 Å². The van der Waals surface area contributed by atoms with Gasteiger partial charge in [-0.2, -0.15) is 0 Å². The van der Waals surface area contributed by atoms with E-state index in [1.54, 1.807) is 19.1 Å². The number of ether oxygens (including phenoxy) is 1. The fraction of sp³-hybridized carbons (Fsp3) is 0.208. The number of nitrogens with zero attached hydrogens (tertiary/aromatic N) is 1. The molecule has 0 aromatic heterocycles. The number of carboxylic acids is 1. The number of anilines is 1. The lowest BCUT2D eigenvalue weighted by Crippen LogP contribution is -2.43. The molecule has 6 nitrogen and oxygen atoms in total. The average molecular weight is 508 g/mol. The number of halogens is 3. The minimum atomic E-state index is -4.08. The van der Waals surface area contributed by atoms with E-state index in [-0.39, 0.29) is 51.9 Å². The van der Waals surface area contributed by atoms with Crippen molar-refractivity contribution < 1.29 is 31.8 Å². The molecule has 10 heteroatoms. The van der Waals surface area contributed by atoms with E-state index in [4.69, 9.17) is 21.4 Å². The van der Waals surface area contributed by atoms with Crippen molar-refractivity contribution in [3.05, 3.63) is 76.8 Å². The smallest absolute Gasteiger partial charge is 0.303 e. The number of carbonyl (C=O) groups is 1. The Labute approximate surface area is 200 Å². The number of hydrogen-bond acceptors (Lipinski definition) is 4. The van der Waals surface area contributed by atoms with E-state index in [0.717, 1.165) is 15.9 Å². The molecule has 1 aliphatic rings. The Morgan fingerprint density at radius 1 is 1.18 bits per heavy atom. The van der Waals surface area contributed by atoms with Crippen LogP contribution in [0.2, 0.25) is 5.02 Å². The monoisotopic (exact) mass is 507 g/mol. The van der Waals surface area contributed by atoms with Crippen LogP contribution in [0, 0.1) is 18.6 Å². The summed E-state index contributed by atoms with van der Waals surface area (Å²) in [5.41, 5.74) is 0.941. The molecule has 0 aliphatic carbocycles. The Balaban J connectivity index is 1.84. The second kappa shape index (κ2) is 9.23. The number of fused-ring (bicyclic) bond motifs is 1. The Bertz CT molecular complexity index is 1380. The number of rotatable bonds is 6. The normalized spacial score (nSPS) is 15.5. The third-order valence-corrected chi connectivity index (χ3v) is 7.45. The predicted octanol–water partition coefficient (Wildman–Crippen LogP) is 5.41. The third-order valence-electron chi connectivity index (χ3n) is 5.45. The maximum Gasteiger partial charge on any atom is 0.303 e. The Morgan fingerprint density at radius 3 is 2.65 bits per heavy atom. The summed E-state index contributed by atoms with van der Waals surface area (Å²) in [6, 6.07) is 12.8. The van der Waals surface area contributed by atoms with Gasteiger partial charge < -0.3 is 9.84 Å². The zero-order chi connectivity index (χ0) is 24.6. The molecule has 1 heterocycles. The standard InChI is InChI=1S/C24H20ClF2NO5S/c1-14-3-2-4-18(9-14)34(31,32)28-13-17(6-8-23(29)30)33-22-7-5-15(10-21(22)28)19-11-16(25)12-20(26)24(19)27/h2-5,7,9-12,17H,6,8,13H2,1H3,(H,29,30)/t17-/m0/s1. The van der Waals surface area contributed by atoms with E-state index in [1.807, 2.05) is 0 Å². The van der Waals surface area contributed by atoms with Crippen LogP contribution in [0.1, 0.15) is 18.4 Å². The fourth-order valence-electron chi connectivity index (χ4n) is 3.81. The summed E-state index contributed by atoms with van der Waals surface area (Å²) in [5.74, 6) is -3.09. The van der Waals surface area contributed by atoms with E-state index in [2.05, 4.69) is 0 Å². The number of sulfonamides is 1. The fourth-order valence-corrected chi connectivity index (χ4v) is 5.62. The topological polar surface area (TPSA) is 83.9 Å². The van der Waals surface area contributed by atoms with Gasteiger partial charge in [-0.3, -0.25) is 9.10 Å². The minimum absolute atomic E-state index is 0.0131. The molecule has 1 aliphatic heterocycles. The van der Waals surface area contributed by atoms with Crippen molar-refractivity contribution in [3.63, 3.8) is 0 Å². The molecule has 1 N–H and O–H groups in total. The van der Waals surface area contributed by atoms with Gasteiger partial charge in [0.05, 0.1) is 17.1 Å². The lowest BCUT2D eigenvalue weighted by Gasteiger charge is -2.35. The molecule has 0 unspecified atom stereocenters.